The third-order valence-electron chi connectivity index (χ3n) is 9.76. The van der Waals surface area contributed by atoms with E-state index in [9.17, 15) is 19.0 Å². The van der Waals surface area contributed by atoms with Crippen LogP contribution in [0.25, 0.3) is 0 Å². The first-order valence-corrected chi connectivity index (χ1v) is 25.3. The molecule has 1 unspecified atom stereocenters. The van der Waals surface area contributed by atoms with Gasteiger partial charge in [-0.3, -0.25) is 18.6 Å². The van der Waals surface area contributed by atoms with Gasteiger partial charge < -0.3 is 24.0 Å². The number of likely N-dealkylation sites (N-methyl/N-ethyl adjacent to an activating group) is 1. The molecule has 0 fully saturated rings. The largest absolute Gasteiger partial charge is 0.472 e. The number of aliphatic hydroxyl groups excluding tert-OH is 1. The van der Waals surface area contributed by atoms with Crippen molar-refractivity contribution in [3.63, 3.8) is 0 Å². The van der Waals surface area contributed by atoms with E-state index < -0.39 is 32.5 Å². The van der Waals surface area contributed by atoms with E-state index in [1.807, 2.05) is 27.2 Å². The number of hydrogen-bond donors (Lipinski definition) is 2. The smallest absolute Gasteiger partial charge is 0.462 e. The maximum Gasteiger partial charge on any atom is 0.472 e. The van der Waals surface area contributed by atoms with Gasteiger partial charge in [0.1, 0.15) is 19.8 Å². The minimum atomic E-state index is -4.40. The van der Waals surface area contributed by atoms with Crippen LogP contribution in [0.4, 0.5) is 0 Å². The fraction of sp³-hybridized carbons (Fsp3) is 0.720. The Labute approximate surface area is 372 Å². The van der Waals surface area contributed by atoms with E-state index in [0.717, 1.165) is 83.5 Å². The van der Waals surface area contributed by atoms with Crippen LogP contribution in [-0.4, -0.2) is 86.6 Å². The minimum Gasteiger partial charge on any atom is -0.462 e. The van der Waals surface area contributed by atoms with Gasteiger partial charge in [0, 0.05) is 19.4 Å². The molecule has 10 nitrogen and oxygen atoms in total. The number of quaternary nitrogens is 1. The van der Waals surface area contributed by atoms with Gasteiger partial charge in [-0.05, 0) is 89.9 Å². The first kappa shape index (κ1) is 58.4. The lowest BCUT2D eigenvalue weighted by molar-refractivity contribution is -0.870. The Kier molecular flexibility index (Phi) is 40.9. The second kappa shape index (κ2) is 42.7. The van der Waals surface area contributed by atoms with Crippen molar-refractivity contribution in [3.8, 4) is 0 Å². The second-order valence-corrected chi connectivity index (χ2v) is 18.3. The molecule has 11 heteroatoms. The highest BCUT2D eigenvalue weighted by Crippen LogP contribution is 2.43. The summed E-state index contributed by atoms with van der Waals surface area (Å²) in [4.78, 5) is 35.4. The summed E-state index contributed by atoms with van der Waals surface area (Å²) in [5.41, 5.74) is 0. The number of hydrogen-bond acceptors (Lipinski definition) is 8. The zero-order chi connectivity index (χ0) is 45.0. The average Bonchev–Trinajstić information content (AvgIpc) is 3.21. The van der Waals surface area contributed by atoms with Crippen LogP contribution in [0.15, 0.2) is 72.9 Å². The summed E-state index contributed by atoms with van der Waals surface area (Å²) in [7, 11) is 1.42. The lowest BCUT2D eigenvalue weighted by Crippen LogP contribution is -2.37. The second-order valence-electron chi connectivity index (χ2n) is 16.9. The third-order valence-corrected chi connectivity index (χ3v) is 10.7. The average molecular weight is 879 g/mol. The monoisotopic (exact) mass is 879 g/mol. The number of rotatable bonds is 43. The number of allylic oxidation sites excluding steroid dienone is 12. The Hall–Kier alpha value is -2.59. The molecule has 0 aliphatic rings. The number of carbonyl (C=O) groups is 2. The Morgan fingerprint density at radius 3 is 1.46 bits per heavy atom. The van der Waals surface area contributed by atoms with Gasteiger partial charge in [-0.2, -0.15) is 0 Å². The molecule has 61 heavy (non-hydrogen) atoms. The van der Waals surface area contributed by atoms with Crippen molar-refractivity contribution in [2.24, 2.45) is 0 Å². The van der Waals surface area contributed by atoms with Gasteiger partial charge in [0.15, 0.2) is 6.10 Å². The number of phosphoric acid groups is 1. The molecule has 0 aliphatic carbocycles. The van der Waals surface area contributed by atoms with Crippen LogP contribution in [-0.2, 0) is 32.7 Å². The number of phosphoric ester groups is 1. The molecule has 0 aromatic rings. The predicted molar refractivity (Wildman–Crippen MR) is 253 cm³/mol. The summed E-state index contributed by atoms with van der Waals surface area (Å²) >= 11 is 0. The Morgan fingerprint density at radius 2 is 0.967 bits per heavy atom. The van der Waals surface area contributed by atoms with Crippen LogP contribution < -0.4 is 0 Å². The Balaban J connectivity index is 4.41. The molecule has 352 valence electrons. The van der Waals surface area contributed by atoms with Crippen molar-refractivity contribution in [2.45, 2.75) is 180 Å². The minimum absolute atomic E-state index is 0.0145. The quantitative estimate of drug-likeness (QED) is 0.0202. The van der Waals surface area contributed by atoms with Crippen LogP contribution in [0.5, 0.6) is 0 Å². The molecule has 2 N–H and O–H groups in total. The highest BCUT2D eigenvalue weighted by Gasteiger charge is 2.27. The van der Waals surface area contributed by atoms with E-state index in [-0.39, 0.29) is 32.7 Å². The van der Waals surface area contributed by atoms with E-state index in [0.29, 0.717) is 23.9 Å². The molecule has 0 saturated heterocycles. The molecule has 2 atom stereocenters. The van der Waals surface area contributed by atoms with Crippen molar-refractivity contribution in [3.05, 3.63) is 72.9 Å². The predicted octanol–water partition coefficient (Wildman–Crippen LogP) is 12.8. The lowest BCUT2D eigenvalue weighted by Gasteiger charge is -2.24. The highest BCUT2D eigenvalue weighted by molar-refractivity contribution is 7.47. The van der Waals surface area contributed by atoms with E-state index >= 15 is 0 Å². The Bertz CT molecular complexity index is 1270. The summed E-state index contributed by atoms with van der Waals surface area (Å²) < 4.78 is 34.3. The molecular formula is C50H89NO9P+. The van der Waals surface area contributed by atoms with Crippen molar-refractivity contribution in [1.82, 2.24) is 0 Å². The van der Waals surface area contributed by atoms with Crippen molar-refractivity contribution >= 4 is 19.8 Å². The zero-order valence-electron chi connectivity index (χ0n) is 39.1. The lowest BCUT2D eigenvalue weighted by atomic mass is 10.1. The van der Waals surface area contributed by atoms with Gasteiger partial charge in [0.2, 0.25) is 0 Å². The molecule has 0 amide bonds. The van der Waals surface area contributed by atoms with E-state index in [1.165, 1.54) is 57.8 Å². The van der Waals surface area contributed by atoms with Gasteiger partial charge in [-0.15, -0.1) is 0 Å². The Morgan fingerprint density at radius 1 is 0.541 bits per heavy atom. The summed E-state index contributed by atoms with van der Waals surface area (Å²) in [6.07, 6.45) is 51.1. The van der Waals surface area contributed by atoms with Gasteiger partial charge in [0.05, 0.1) is 27.7 Å². The molecule has 0 radical (unpaired) electrons. The first-order valence-electron chi connectivity index (χ1n) is 23.8. The van der Waals surface area contributed by atoms with Crippen LogP contribution >= 0.6 is 7.82 Å². The standard InChI is InChI=1S/C50H88NO9P/c1-5-6-7-8-9-10-11-12-13-14-15-17-21-24-27-30-33-36-39-42-50(54)60-48(47-59-61(55,56)58-45-43-51(2,3)4)46-57-49(53)41-38-35-32-29-26-23-20-18-16-19-22-25-28-31-34-37-40-44-52/h9-10,12-13,16,19-20,23,25,28-29,32,48,52H,5-8,11,14-15,17-18,21-22,24,26-27,30-31,33-47H2,1-4H3/p+1/b10-9-,13-12-,19-16-,23-20-,28-25-,32-29-/t48-/m1/s1. The zero-order valence-corrected chi connectivity index (χ0v) is 40.0. The molecule has 0 spiro atoms. The summed E-state index contributed by atoms with van der Waals surface area (Å²) in [5, 5.41) is 8.81. The molecule has 0 aromatic carbocycles. The van der Waals surface area contributed by atoms with Crippen molar-refractivity contribution in [1.29, 1.82) is 0 Å². The molecule has 0 aliphatic heterocycles. The first-order chi connectivity index (χ1) is 29.5. The third kappa shape index (κ3) is 46.7. The number of aliphatic hydroxyl groups is 1. The molecule has 0 heterocycles. The molecule has 0 bridgehead atoms. The number of unbranched alkanes of at least 4 members (excludes halogenated alkanes) is 16. The van der Waals surface area contributed by atoms with Gasteiger partial charge in [-0.1, -0.05) is 144 Å². The normalized spacial score (nSPS) is 14.1. The molecular weight excluding hydrogens is 790 g/mol. The van der Waals surface area contributed by atoms with Crippen molar-refractivity contribution in [2.75, 3.05) is 54.1 Å². The highest BCUT2D eigenvalue weighted by atomic mass is 31.2. The molecule has 0 saturated carbocycles. The summed E-state index contributed by atoms with van der Waals surface area (Å²) in [6.45, 7) is 2.32. The summed E-state index contributed by atoms with van der Waals surface area (Å²) in [6, 6.07) is 0. The maximum atomic E-state index is 12.7. The van der Waals surface area contributed by atoms with Crippen LogP contribution in [0.3, 0.4) is 0 Å². The molecule has 0 rings (SSSR count). The van der Waals surface area contributed by atoms with Gasteiger partial charge in [-0.25, -0.2) is 4.57 Å². The van der Waals surface area contributed by atoms with E-state index in [4.69, 9.17) is 23.6 Å². The fourth-order valence-electron chi connectivity index (χ4n) is 6.02. The van der Waals surface area contributed by atoms with Crippen LogP contribution in [0.1, 0.15) is 174 Å². The van der Waals surface area contributed by atoms with Gasteiger partial charge >= 0.3 is 19.8 Å². The molecule has 0 aromatic heterocycles. The van der Waals surface area contributed by atoms with Gasteiger partial charge in [0.25, 0.3) is 0 Å². The van der Waals surface area contributed by atoms with E-state index in [2.05, 4.69) is 73.8 Å². The number of esters is 2. The van der Waals surface area contributed by atoms with Crippen molar-refractivity contribution < 1.29 is 47.2 Å². The van der Waals surface area contributed by atoms with Crippen LogP contribution in [0, 0.1) is 0 Å². The number of nitrogens with zero attached hydrogens (tertiary/aromatic N) is 1. The van der Waals surface area contributed by atoms with Crippen LogP contribution in [0.2, 0.25) is 0 Å². The maximum absolute atomic E-state index is 12.7. The number of ether oxygens (including phenoxy) is 2. The topological polar surface area (TPSA) is 129 Å². The van der Waals surface area contributed by atoms with E-state index in [1.54, 1.807) is 0 Å². The SMILES string of the molecule is CCCCC/C=C\C/C=C\CCCCCCCCCCCC(=O)O[C@H](COC(=O)CCC/C=C\C/C=C\C/C=C\C/C=C\CCCCCO)COP(=O)(O)OCC[N+](C)(C)C. The number of carbonyl (C=O) groups excluding carboxylic acids is 2. The summed E-state index contributed by atoms with van der Waals surface area (Å²) in [5.74, 6) is -0.887. The fourth-order valence-corrected chi connectivity index (χ4v) is 6.76.